The molecule has 5 rings (SSSR count). The molecule has 3 aliphatic heterocycles. The number of ether oxygens (including phenoxy) is 1. The number of aromatic nitrogens is 4. The van der Waals surface area contributed by atoms with E-state index in [1.807, 2.05) is 0 Å². The van der Waals surface area contributed by atoms with Crippen molar-refractivity contribution in [3.63, 3.8) is 0 Å². The van der Waals surface area contributed by atoms with Crippen molar-refractivity contribution >= 4 is 21.6 Å². The number of hydrogen-bond donors (Lipinski definition) is 0. The summed E-state index contributed by atoms with van der Waals surface area (Å²) >= 11 is 1.70. The third-order valence-corrected chi connectivity index (χ3v) is 7.34. The summed E-state index contributed by atoms with van der Waals surface area (Å²) in [5.74, 6) is 0. The first-order chi connectivity index (χ1) is 14.4. The monoisotopic (exact) mass is 415 g/mol. The number of hydrogen-bond acceptors (Lipinski definition) is 9. The van der Waals surface area contributed by atoms with Crippen LogP contribution in [0.15, 0.2) is 18.6 Å². The number of nitrogens with zero attached hydrogens (tertiary/aromatic N) is 7. The second-order valence-corrected chi connectivity index (χ2v) is 9.05. The summed E-state index contributed by atoms with van der Waals surface area (Å²) in [6, 6.07) is 0.755. The van der Waals surface area contributed by atoms with E-state index in [-0.39, 0.29) is 6.10 Å². The summed E-state index contributed by atoms with van der Waals surface area (Å²) in [5, 5.41) is 11.1. The second kappa shape index (κ2) is 8.89. The van der Waals surface area contributed by atoms with Crippen molar-refractivity contribution in [2.75, 3.05) is 55.7 Å². The first-order valence-corrected chi connectivity index (χ1v) is 11.6. The van der Waals surface area contributed by atoms with Gasteiger partial charge < -0.3 is 19.4 Å². The molecule has 0 saturated carbocycles. The molecule has 0 N–H and O–H groups in total. The normalized spacial score (nSPS) is 24.8. The van der Waals surface area contributed by atoms with E-state index in [9.17, 15) is 0 Å². The highest BCUT2D eigenvalue weighted by molar-refractivity contribution is 7.19. The van der Waals surface area contributed by atoms with Gasteiger partial charge in [-0.2, -0.15) is 0 Å². The lowest BCUT2D eigenvalue weighted by Crippen LogP contribution is -2.46. The Morgan fingerprint density at radius 2 is 1.69 bits per heavy atom. The molecule has 0 spiro atoms. The summed E-state index contributed by atoms with van der Waals surface area (Å²) in [7, 11) is 0. The van der Waals surface area contributed by atoms with E-state index in [0.29, 0.717) is 6.61 Å². The van der Waals surface area contributed by atoms with Gasteiger partial charge in [0.15, 0.2) is 0 Å². The van der Waals surface area contributed by atoms with E-state index in [1.54, 1.807) is 29.9 Å². The van der Waals surface area contributed by atoms with Crippen LogP contribution in [-0.4, -0.2) is 77.0 Å². The molecular formula is C20H29N7OS. The van der Waals surface area contributed by atoms with Gasteiger partial charge in [0.05, 0.1) is 25.0 Å². The molecule has 156 valence electrons. The van der Waals surface area contributed by atoms with E-state index in [1.165, 1.54) is 45.2 Å². The molecule has 3 fully saturated rings. The van der Waals surface area contributed by atoms with E-state index < -0.39 is 0 Å². The first-order valence-electron chi connectivity index (χ1n) is 10.8. The molecule has 0 amide bonds. The number of likely N-dealkylation sites (tertiary alicyclic amines) is 1. The molecule has 0 aromatic carbocycles. The van der Waals surface area contributed by atoms with Crippen LogP contribution in [-0.2, 0) is 4.74 Å². The van der Waals surface area contributed by atoms with Gasteiger partial charge in [-0.05, 0) is 38.8 Å². The number of anilines is 2. The molecule has 0 radical (unpaired) electrons. The van der Waals surface area contributed by atoms with Crippen LogP contribution in [0.1, 0.15) is 43.9 Å². The van der Waals surface area contributed by atoms with Gasteiger partial charge in [0.25, 0.3) is 0 Å². The van der Waals surface area contributed by atoms with E-state index in [2.05, 4.69) is 34.9 Å². The van der Waals surface area contributed by atoms with Crippen molar-refractivity contribution in [3.05, 3.63) is 24.3 Å². The van der Waals surface area contributed by atoms with Gasteiger partial charge in [0.1, 0.15) is 6.10 Å². The maximum absolute atomic E-state index is 5.91. The summed E-state index contributed by atoms with van der Waals surface area (Å²) < 4.78 is 5.91. The third-order valence-electron chi connectivity index (χ3n) is 6.30. The molecule has 0 aliphatic carbocycles. The quantitative estimate of drug-likeness (QED) is 0.754. The lowest BCUT2D eigenvalue weighted by molar-refractivity contribution is 0.0367. The molecule has 5 heterocycles. The van der Waals surface area contributed by atoms with Crippen LogP contribution in [0.4, 0.5) is 10.3 Å². The van der Waals surface area contributed by atoms with E-state index in [0.717, 1.165) is 48.2 Å². The highest BCUT2D eigenvalue weighted by Gasteiger charge is 2.29. The standard InChI is InChI=1S/C20H29N7OS/c1-2-8-25(9-3-1)16-4-10-26(11-5-16)19-23-24-20(29-19)27-12-13-28-18(15-27)17-14-21-6-7-22-17/h6-7,14,16,18H,1-5,8-13,15H2. The molecule has 1 atom stereocenters. The molecular weight excluding hydrogens is 386 g/mol. The predicted octanol–water partition coefficient (Wildman–Crippen LogP) is 2.36. The Morgan fingerprint density at radius 3 is 2.45 bits per heavy atom. The van der Waals surface area contributed by atoms with Gasteiger partial charge in [0.2, 0.25) is 10.3 Å². The number of rotatable bonds is 4. The minimum absolute atomic E-state index is 0.0647. The summed E-state index contributed by atoms with van der Waals surface area (Å²) in [4.78, 5) is 16.0. The van der Waals surface area contributed by atoms with Crippen molar-refractivity contribution in [1.29, 1.82) is 0 Å². The van der Waals surface area contributed by atoms with Crippen LogP contribution >= 0.6 is 11.3 Å². The summed E-state index contributed by atoms with van der Waals surface area (Å²) in [5.41, 5.74) is 0.877. The maximum atomic E-state index is 5.91. The fourth-order valence-corrected chi connectivity index (χ4v) is 5.58. The first kappa shape index (κ1) is 19.1. The minimum Gasteiger partial charge on any atom is -0.368 e. The van der Waals surface area contributed by atoms with E-state index >= 15 is 0 Å². The van der Waals surface area contributed by atoms with Crippen LogP contribution in [0, 0.1) is 0 Å². The molecule has 9 heteroatoms. The van der Waals surface area contributed by atoms with Gasteiger partial charge in [-0.25, -0.2) is 0 Å². The van der Waals surface area contributed by atoms with Crippen LogP contribution in [0.3, 0.4) is 0 Å². The Morgan fingerprint density at radius 1 is 0.897 bits per heavy atom. The van der Waals surface area contributed by atoms with Crippen LogP contribution in [0.5, 0.6) is 0 Å². The smallest absolute Gasteiger partial charge is 0.210 e. The van der Waals surface area contributed by atoms with Gasteiger partial charge in [-0.15, -0.1) is 10.2 Å². The zero-order valence-corrected chi connectivity index (χ0v) is 17.6. The molecule has 29 heavy (non-hydrogen) atoms. The van der Waals surface area contributed by atoms with Crippen molar-refractivity contribution in [2.45, 2.75) is 44.2 Å². The molecule has 8 nitrogen and oxygen atoms in total. The zero-order valence-electron chi connectivity index (χ0n) is 16.8. The topological polar surface area (TPSA) is 70.5 Å². The Labute approximate surface area is 175 Å². The number of piperidine rings is 2. The average molecular weight is 416 g/mol. The van der Waals surface area contributed by atoms with Crippen molar-refractivity contribution in [1.82, 2.24) is 25.1 Å². The highest BCUT2D eigenvalue weighted by atomic mass is 32.1. The lowest BCUT2D eigenvalue weighted by Gasteiger charge is -2.40. The minimum atomic E-state index is -0.0647. The average Bonchev–Trinajstić information content (AvgIpc) is 3.31. The van der Waals surface area contributed by atoms with Crippen molar-refractivity contribution < 1.29 is 4.74 Å². The van der Waals surface area contributed by atoms with Crippen molar-refractivity contribution in [3.8, 4) is 0 Å². The van der Waals surface area contributed by atoms with Crippen LogP contribution < -0.4 is 9.80 Å². The third kappa shape index (κ3) is 4.36. The van der Waals surface area contributed by atoms with Crippen molar-refractivity contribution in [2.24, 2.45) is 0 Å². The Kier molecular flexibility index (Phi) is 5.87. The van der Waals surface area contributed by atoms with E-state index in [4.69, 9.17) is 4.74 Å². The van der Waals surface area contributed by atoms with Gasteiger partial charge in [-0.1, -0.05) is 17.8 Å². The predicted molar refractivity (Wildman–Crippen MR) is 114 cm³/mol. The zero-order chi connectivity index (χ0) is 19.5. The largest absolute Gasteiger partial charge is 0.368 e. The fourth-order valence-electron chi connectivity index (χ4n) is 4.65. The SMILES string of the molecule is c1cnc(C2CN(c3nnc(N4CCC(N5CCCCC5)CC4)s3)CCO2)cn1. The van der Waals surface area contributed by atoms with Gasteiger partial charge in [0, 0.05) is 38.1 Å². The molecule has 2 aromatic heterocycles. The van der Waals surface area contributed by atoms with Crippen LogP contribution in [0.2, 0.25) is 0 Å². The molecule has 3 saturated heterocycles. The van der Waals surface area contributed by atoms with Gasteiger partial charge >= 0.3 is 0 Å². The Hall–Kier alpha value is -1.84. The second-order valence-electron chi connectivity index (χ2n) is 8.12. The molecule has 0 bridgehead atoms. The van der Waals surface area contributed by atoms with Crippen LogP contribution in [0.25, 0.3) is 0 Å². The lowest BCUT2D eigenvalue weighted by atomic mass is 10.0. The summed E-state index contributed by atoms with van der Waals surface area (Å²) in [6.07, 6.45) is 11.7. The fraction of sp³-hybridized carbons (Fsp3) is 0.700. The summed E-state index contributed by atoms with van der Waals surface area (Å²) in [6.45, 7) is 6.99. The Balaban J connectivity index is 1.19. The highest BCUT2D eigenvalue weighted by Crippen LogP contribution is 2.32. The molecule has 3 aliphatic rings. The molecule has 2 aromatic rings. The van der Waals surface area contributed by atoms with Gasteiger partial charge in [-0.3, -0.25) is 9.97 Å². The Bertz CT molecular complexity index is 774. The molecule has 1 unspecified atom stereocenters. The maximum Gasteiger partial charge on any atom is 0.210 e. The number of morpholine rings is 1.